The zero-order chi connectivity index (χ0) is 15.5. The highest BCUT2D eigenvalue weighted by Gasteiger charge is 2.17. The highest BCUT2D eigenvalue weighted by atomic mass is 16.4. The number of anilines is 1. The van der Waals surface area contributed by atoms with E-state index in [0.717, 1.165) is 10.9 Å². The summed E-state index contributed by atoms with van der Waals surface area (Å²) in [7, 11) is 0. The zero-order valence-electron chi connectivity index (χ0n) is 11.6. The van der Waals surface area contributed by atoms with Crippen molar-refractivity contribution < 1.29 is 15.0 Å². The molecule has 1 atom stereocenters. The lowest BCUT2D eigenvalue weighted by molar-refractivity contribution is 0.0690. The molecule has 2 aromatic carbocycles. The van der Waals surface area contributed by atoms with Crippen molar-refractivity contribution in [2.24, 2.45) is 0 Å². The minimum atomic E-state index is -1.14. The summed E-state index contributed by atoms with van der Waals surface area (Å²) in [4.78, 5) is 15.5. The summed E-state index contributed by atoms with van der Waals surface area (Å²) in [5, 5.41) is 23.4. The Morgan fingerprint density at radius 2 is 1.82 bits per heavy atom. The first-order valence-corrected chi connectivity index (χ1v) is 6.77. The molecule has 0 amide bonds. The smallest absolute Gasteiger partial charge is 0.336 e. The van der Waals surface area contributed by atoms with Gasteiger partial charge in [-0.2, -0.15) is 0 Å². The first-order valence-electron chi connectivity index (χ1n) is 6.77. The SMILES string of the molecule is O=C(O)c1ccccc1C(O)Nc1cccc2cccnc12. The lowest BCUT2D eigenvalue weighted by Gasteiger charge is -2.17. The van der Waals surface area contributed by atoms with Crippen LogP contribution in [0.3, 0.4) is 0 Å². The van der Waals surface area contributed by atoms with E-state index in [1.54, 1.807) is 30.5 Å². The molecule has 0 radical (unpaired) electrons. The molecule has 0 aliphatic heterocycles. The standard InChI is InChI=1S/C17H14N2O3/c20-16(12-7-1-2-8-13(12)17(21)22)19-14-9-3-5-11-6-4-10-18-15(11)14/h1-10,16,19-20H,(H,21,22). The van der Waals surface area contributed by atoms with Crippen LogP contribution in [0.25, 0.3) is 10.9 Å². The number of nitrogens with one attached hydrogen (secondary N) is 1. The molecule has 1 unspecified atom stereocenters. The van der Waals surface area contributed by atoms with Gasteiger partial charge in [-0.15, -0.1) is 0 Å². The van der Waals surface area contributed by atoms with E-state index >= 15 is 0 Å². The molecule has 110 valence electrons. The number of aliphatic hydroxyl groups excluding tert-OH is 1. The third-order valence-corrected chi connectivity index (χ3v) is 3.41. The molecule has 3 aromatic rings. The number of aromatic carboxylic acids is 1. The third-order valence-electron chi connectivity index (χ3n) is 3.41. The Hall–Kier alpha value is -2.92. The van der Waals surface area contributed by atoms with Gasteiger partial charge in [0.05, 0.1) is 16.8 Å². The van der Waals surface area contributed by atoms with E-state index < -0.39 is 12.2 Å². The molecule has 0 saturated carbocycles. The van der Waals surface area contributed by atoms with Crippen molar-refractivity contribution in [1.82, 2.24) is 4.98 Å². The van der Waals surface area contributed by atoms with Crippen LogP contribution in [0.4, 0.5) is 5.69 Å². The Labute approximate surface area is 126 Å². The van der Waals surface area contributed by atoms with E-state index in [0.29, 0.717) is 11.3 Å². The number of aromatic nitrogens is 1. The van der Waals surface area contributed by atoms with E-state index in [2.05, 4.69) is 10.3 Å². The van der Waals surface area contributed by atoms with Gasteiger partial charge in [-0.05, 0) is 18.2 Å². The molecule has 5 heteroatoms. The molecule has 0 fully saturated rings. The quantitative estimate of drug-likeness (QED) is 0.644. The number of carbonyl (C=O) groups is 1. The second-order valence-electron chi connectivity index (χ2n) is 4.82. The Morgan fingerprint density at radius 1 is 1.05 bits per heavy atom. The molecular formula is C17H14N2O3. The van der Waals surface area contributed by atoms with Crippen LogP contribution in [0.5, 0.6) is 0 Å². The van der Waals surface area contributed by atoms with Gasteiger partial charge in [0.25, 0.3) is 0 Å². The van der Waals surface area contributed by atoms with Gasteiger partial charge in [-0.1, -0.05) is 36.4 Å². The van der Waals surface area contributed by atoms with Crippen molar-refractivity contribution in [3.8, 4) is 0 Å². The van der Waals surface area contributed by atoms with Gasteiger partial charge in [0, 0.05) is 17.1 Å². The fourth-order valence-electron chi connectivity index (χ4n) is 2.38. The predicted molar refractivity (Wildman–Crippen MR) is 83.7 cm³/mol. The van der Waals surface area contributed by atoms with Gasteiger partial charge < -0.3 is 15.5 Å². The fourth-order valence-corrected chi connectivity index (χ4v) is 2.38. The van der Waals surface area contributed by atoms with Crippen molar-refractivity contribution in [1.29, 1.82) is 0 Å². The minimum Gasteiger partial charge on any atom is -0.478 e. The number of hydrogen-bond donors (Lipinski definition) is 3. The Kier molecular flexibility index (Phi) is 3.72. The van der Waals surface area contributed by atoms with E-state index in [1.807, 2.05) is 24.3 Å². The van der Waals surface area contributed by atoms with E-state index in [-0.39, 0.29) is 5.56 Å². The summed E-state index contributed by atoms with van der Waals surface area (Å²) < 4.78 is 0. The number of nitrogens with zero attached hydrogens (tertiary/aromatic N) is 1. The maximum Gasteiger partial charge on any atom is 0.336 e. The Bertz CT molecular complexity index is 828. The number of carboxylic acid groups (broad SMARTS) is 1. The van der Waals surface area contributed by atoms with Crippen LogP contribution >= 0.6 is 0 Å². The largest absolute Gasteiger partial charge is 0.478 e. The van der Waals surface area contributed by atoms with Crippen LogP contribution in [0.2, 0.25) is 0 Å². The average Bonchev–Trinajstić information content (AvgIpc) is 2.55. The molecule has 22 heavy (non-hydrogen) atoms. The van der Waals surface area contributed by atoms with Gasteiger partial charge in [-0.3, -0.25) is 4.98 Å². The molecule has 3 N–H and O–H groups in total. The summed E-state index contributed by atoms with van der Waals surface area (Å²) in [5.41, 5.74) is 1.74. The molecule has 0 aliphatic carbocycles. The predicted octanol–water partition coefficient (Wildman–Crippen LogP) is 3.04. The second-order valence-corrected chi connectivity index (χ2v) is 4.82. The molecule has 3 rings (SSSR count). The first-order chi connectivity index (χ1) is 10.7. The maximum atomic E-state index is 11.2. The topological polar surface area (TPSA) is 82.5 Å². The van der Waals surface area contributed by atoms with Crippen LogP contribution in [0.15, 0.2) is 60.8 Å². The Balaban J connectivity index is 1.97. The van der Waals surface area contributed by atoms with Gasteiger partial charge in [0.15, 0.2) is 6.23 Å². The third kappa shape index (κ3) is 2.62. The lowest BCUT2D eigenvalue weighted by Crippen LogP contribution is -2.14. The summed E-state index contributed by atoms with van der Waals surface area (Å²) in [6.07, 6.45) is 0.533. The number of para-hydroxylation sites is 1. The van der Waals surface area contributed by atoms with Gasteiger partial charge in [0.2, 0.25) is 0 Å². The van der Waals surface area contributed by atoms with E-state index in [9.17, 15) is 15.0 Å². The van der Waals surface area contributed by atoms with Crippen LogP contribution in [0, 0.1) is 0 Å². The number of carboxylic acids is 1. The van der Waals surface area contributed by atoms with Crippen molar-refractivity contribution in [2.45, 2.75) is 6.23 Å². The van der Waals surface area contributed by atoms with Crippen molar-refractivity contribution >= 4 is 22.6 Å². The molecule has 0 saturated heterocycles. The zero-order valence-corrected chi connectivity index (χ0v) is 11.6. The summed E-state index contributed by atoms with van der Waals surface area (Å²) in [5.74, 6) is -1.08. The molecule has 0 spiro atoms. The van der Waals surface area contributed by atoms with Gasteiger partial charge >= 0.3 is 5.97 Å². The van der Waals surface area contributed by atoms with E-state index in [4.69, 9.17) is 0 Å². The first kappa shape index (κ1) is 14.0. The molecule has 0 aliphatic rings. The molecule has 5 nitrogen and oxygen atoms in total. The monoisotopic (exact) mass is 294 g/mol. The number of fused-ring (bicyclic) bond motifs is 1. The summed E-state index contributed by atoms with van der Waals surface area (Å²) >= 11 is 0. The minimum absolute atomic E-state index is 0.0655. The number of pyridine rings is 1. The van der Waals surface area contributed by atoms with Gasteiger partial charge in [-0.25, -0.2) is 4.79 Å². The van der Waals surface area contributed by atoms with Crippen LogP contribution in [-0.4, -0.2) is 21.2 Å². The van der Waals surface area contributed by atoms with Crippen LogP contribution in [-0.2, 0) is 0 Å². The number of hydrogen-bond acceptors (Lipinski definition) is 4. The van der Waals surface area contributed by atoms with Gasteiger partial charge in [0.1, 0.15) is 0 Å². The lowest BCUT2D eigenvalue weighted by atomic mass is 10.1. The molecule has 1 aromatic heterocycles. The van der Waals surface area contributed by atoms with Crippen LogP contribution < -0.4 is 5.32 Å². The van der Waals surface area contributed by atoms with Crippen molar-refractivity contribution in [3.63, 3.8) is 0 Å². The summed E-state index contributed by atoms with van der Waals surface area (Å²) in [6.45, 7) is 0. The number of aliphatic hydroxyl groups is 1. The second kappa shape index (κ2) is 5.83. The highest BCUT2D eigenvalue weighted by Crippen LogP contribution is 2.25. The summed E-state index contributed by atoms with van der Waals surface area (Å²) in [6, 6.07) is 15.7. The molecule has 0 bridgehead atoms. The van der Waals surface area contributed by atoms with Crippen LogP contribution in [0.1, 0.15) is 22.1 Å². The highest BCUT2D eigenvalue weighted by molar-refractivity contribution is 5.91. The fraction of sp³-hybridized carbons (Fsp3) is 0.0588. The average molecular weight is 294 g/mol. The van der Waals surface area contributed by atoms with E-state index in [1.165, 1.54) is 6.07 Å². The number of rotatable bonds is 4. The Morgan fingerprint density at radius 3 is 2.64 bits per heavy atom. The number of benzene rings is 2. The van der Waals surface area contributed by atoms with Crippen molar-refractivity contribution in [2.75, 3.05) is 5.32 Å². The normalized spacial score (nSPS) is 12.0. The maximum absolute atomic E-state index is 11.2. The molecular weight excluding hydrogens is 280 g/mol. The van der Waals surface area contributed by atoms with Crippen molar-refractivity contribution in [3.05, 3.63) is 71.9 Å². The molecule has 1 heterocycles.